The molecule has 0 atom stereocenters. The van der Waals surface area contributed by atoms with Crippen LogP contribution in [0.5, 0.6) is 0 Å². The zero-order valence-electron chi connectivity index (χ0n) is 11.5. The predicted octanol–water partition coefficient (Wildman–Crippen LogP) is 2.71. The predicted molar refractivity (Wildman–Crippen MR) is 83.4 cm³/mol. The van der Waals surface area contributed by atoms with Crippen LogP contribution in [0.2, 0.25) is 0 Å². The molecule has 118 valence electrons. The van der Waals surface area contributed by atoms with Gasteiger partial charge in [0.1, 0.15) is 0 Å². The van der Waals surface area contributed by atoms with Gasteiger partial charge in [-0.2, -0.15) is 0 Å². The second-order valence-electron chi connectivity index (χ2n) is 4.96. The molecule has 2 aromatic rings. The number of rotatable bonds is 5. The number of hydrogen-bond donors (Lipinski definition) is 4. The number of hydrogen-bond acceptors (Lipinski definition) is 2. The van der Waals surface area contributed by atoms with Gasteiger partial charge in [-0.1, -0.05) is 48.5 Å². The van der Waals surface area contributed by atoms with Crippen molar-refractivity contribution in [2.24, 2.45) is 0 Å². The van der Waals surface area contributed by atoms with Gasteiger partial charge in [-0.25, -0.2) is 0 Å². The Labute approximate surface area is 127 Å². The van der Waals surface area contributed by atoms with E-state index in [1.54, 1.807) is 48.5 Å². The minimum absolute atomic E-state index is 0.423. The Morgan fingerprint density at radius 2 is 0.955 bits per heavy atom. The molecule has 0 aliphatic rings. The van der Waals surface area contributed by atoms with Crippen LogP contribution < -0.4 is 0 Å². The Kier molecular flexibility index (Phi) is 5.03. The van der Waals surface area contributed by atoms with Crippen molar-refractivity contribution < 1.29 is 28.7 Å². The lowest BCUT2D eigenvalue weighted by atomic mass is 9.97. The molecule has 0 saturated carbocycles. The molecule has 0 saturated heterocycles. The van der Waals surface area contributed by atoms with E-state index in [-0.39, 0.29) is 0 Å². The van der Waals surface area contributed by atoms with Crippen molar-refractivity contribution in [1.82, 2.24) is 0 Å². The van der Waals surface area contributed by atoms with Crippen molar-refractivity contribution >= 4 is 15.2 Å². The Balaban J connectivity index is 2.53. The van der Waals surface area contributed by atoms with Crippen LogP contribution in [0.3, 0.4) is 0 Å². The van der Waals surface area contributed by atoms with Gasteiger partial charge in [-0.15, -0.1) is 0 Å². The van der Waals surface area contributed by atoms with Crippen LogP contribution in [0.25, 0.3) is 11.1 Å². The Hall–Kier alpha value is -1.26. The molecular formula is C14H16O6P2. The lowest BCUT2D eigenvalue weighted by Gasteiger charge is -2.15. The molecule has 0 heterocycles. The highest BCUT2D eigenvalue weighted by Gasteiger charge is 2.21. The molecule has 6 nitrogen and oxygen atoms in total. The van der Waals surface area contributed by atoms with Crippen LogP contribution in [0.15, 0.2) is 48.5 Å². The van der Waals surface area contributed by atoms with E-state index in [9.17, 15) is 28.7 Å². The fourth-order valence-corrected chi connectivity index (χ4v) is 3.72. The zero-order valence-corrected chi connectivity index (χ0v) is 13.3. The van der Waals surface area contributed by atoms with E-state index >= 15 is 0 Å². The third kappa shape index (κ3) is 4.89. The van der Waals surface area contributed by atoms with Crippen molar-refractivity contribution in [3.8, 4) is 11.1 Å². The second-order valence-corrected chi connectivity index (χ2v) is 8.25. The lowest BCUT2D eigenvalue weighted by molar-refractivity contribution is 0.369. The molecule has 0 aliphatic carbocycles. The first-order chi connectivity index (χ1) is 10.2. The van der Waals surface area contributed by atoms with Gasteiger partial charge in [0.25, 0.3) is 0 Å². The maximum absolute atomic E-state index is 11.3. The maximum Gasteiger partial charge on any atom is 0.329 e. The monoisotopic (exact) mass is 342 g/mol. The highest BCUT2D eigenvalue weighted by Crippen LogP contribution is 2.44. The average Bonchev–Trinajstić information content (AvgIpc) is 2.36. The summed E-state index contributed by atoms with van der Waals surface area (Å²) >= 11 is 0. The van der Waals surface area contributed by atoms with Crippen LogP contribution in [0.1, 0.15) is 11.1 Å². The molecule has 0 radical (unpaired) electrons. The minimum Gasteiger partial charge on any atom is -0.324 e. The van der Waals surface area contributed by atoms with Crippen molar-refractivity contribution in [3.05, 3.63) is 59.7 Å². The lowest BCUT2D eigenvalue weighted by Crippen LogP contribution is -1.96. The Bertz CT molecular complexity index is 696. The van der Waals surface area contributed by atoms with Crippen LogP contribution >= 0.6 is 15.2 Å². The molecule has 2 rings (SSSR count). The van der Waals surface area contributed by atoms with Gasteiger partial charge in [-0.05, 0) is 22.3 Å². The summed E-state index contributed by atoms with van der Waals surface area (Å²) in [6.07, 6.45) is -0.846. The van der Waals surface area contributed by atoms with Crippen LogP contribution in [0.4, 0.5) is 0 Å². The molecule has 0 aromatic heterocycles. The Morgan fingerprint density at radius 3 is 1.27 bits per heavy atom. The summed E-state index contributed by atoms with van der Waals surface area (Å²) in [7, 11) is -8.49. The van der Waals surface area contributed by atoms with E-state index in [1.807, 2.05) is 0 Å². The molecule has 0 amide bonds. The van der Waals surface area contributed by atoms with Crippen molar-refractivity contribution in [1.29, 1.82) is 0 Å². The van der Waals surface area contributed by atoms with E-state index in [1.165, 1.54) is 0 Å². The topological polar surface area (TPSA) is 115 Å². The summed E-state index contributed by atoms with van der Waals surface area (Å²) in [6.45, 7) is 0. The van der Waals surface area contributed by atoms with E-state index in [0.717, 1.165) is 0 Å². The molecule has 8 heteroatoms. The normalized spacial score (nSPS) is 12.4. The molecule has 0 aliphatic heterocycles. The fourth-order valence-electron chi connectivity index (χ4n) is 2.29. The van der Waals surface area contributed by atoms with E-state index in [0.29, 0.717) is 22.3 Å². The van der Waals surface area contributed by atoms with Gasteiger partial charge in [0.15, 0.2) is 0 Å². The number of benzene rings is 2. The van der Waals surface area contributed by atoms with Crippen LogP contribution in [0, 0.1) is 0 Å². The largest absolute Gasteiger partial charge is 0.329 e. The molecule has 0 spiro atoms. The standard InChI is InChI=1S/C14H16O6P2/c15-21(16,17)9-11-5-1-3-7-13(11)14-8-4-2-6-12(14)10-22(18,19)20/h1-8H,9-10H2,(H2,15,16,17)(H2,18,19,20). The molecule has 0 bridgehead atoms. The fraction of sp³-hybridized carbons (Fsp3) is 0.143. The van der Waals surface area contributed by atoms with Crippen LogP contribution in [-0.4, -0.2) is 19.6 Å². The van der Waals surface area contributed by atoms with E-state index in [2.05, 4.69) is 0 Å². The molecule has 2 aromatic carbocycles. The van der Waals surface area contributed by atoms with Gasteiger partial charge in [0.05, 0.1) is 12.3 Å². The van der Waals surface area contributed by atoms with Gasteiger partial charge < -0.3 is 19.6 Å². The highest BCUT2D eigenvalue weighted by atomic mass is 31.2. The molecular weight excluding hydrogens is 326 g/mol. The van der Waals surface area contributed by atoms with Gasteiger partial charge >= 0.3 is 15.2 Å². The second kappa shape index (κ2) is 6.47. The van der Waals surface area contributed by atoms with Gasteiger partial charge in [0.2, 0.25) is 0 Å². The van der Waals surface area contributed by atoms with Crippen LogP contribution in [-0.2, 0) is 21.5 Å². The van der Waals surface area contributed by atoms with E-state index < -0.39 is 27.5 Å². The first-order valence-electron chi connectivity index (χ1n) is 6.41. The van der Waals surface area contributed by atoms with Crippen molar-refractivity contribution in [2.75, 3.05) is 0 Å². The summed E-state index contributed by atoms with van der Waals surface area (Å²) in [4.78, 5) is 36.7. The van der Waals surface area contributed by atoms with Gasteiger partial charge in [-0.3, -0.25) is 9.13 Å². The SMILES string of the molecule is O=P(O)(O)Cc1ccccc1-c1ccccc1CP(=O)(O)O. The molecule has 0 unspecified atom stereocenters. The summed E-state index contributed by atoms with van der Waals surface area (Å²) in [5.74, 6) is 0. The van der Waals surface area contributed by atoms with Crippen molar-refractivity contribution in [3.63, 3.8) is 0 Å². The van der Waals surface area contributed by atoms with Crippen molar-refractivity contribution in [2.45, 2.75) is 12.3 Å². The molecule has 0 fully saturated rings. The Morgan fingerprint density at radius 1 is 0.636 bits per heavy atom. The first kappa shape index (κ1) is 17.1. The van der Waals surface area contributed by atoms with E-state index in [4.69, 9.17) is 0 Å². The molecule has 22 heavy (non-hydrogen) atoms. The summed E-state index contributed by atoms with van der Waals surface area (Å²) in [5.41, 5.74) is 2.01. The molecule has 4 N–H and O–H groups in total. The zero-order chi connectivity index (χ0) is 16.4. The summed E-state index contributed by atoms with van der Waals surface area (Å²) in [6, 6.07) is 13.3. The minimum atomic E-state index is -4.24. The third-order valence-electron chi connectivity index (χ3n) is 3.08. The maximum atomic E-state index is 11.3. The summed E-state index contributed by atoms with van der Waals surface area (Å²) < 4.78 is 22.5. The quantitative estimate of drug-likeness (QED) is 0.621. The van der Waals surface area contributed by atoms with Gasteiger partial charge in [0, 0.05) is 0 Å². The average molecular weight is 342 g/mol. The highest BCUT2D eigenvalue weighted by molar-refractivity contribution is 7.51. The summed E-state index contributed by atoms with van der Waals surface area (Å²) in [5, 5.41) is 0. The first-order valence-corrected chi connectivity index (χ1v) is 10.0. The smallest absolute Gasteiger partial charge is 0.324 e. The third-order valence-corrected chi connectivity index (χ3v) is 4.58.